The van der Waals surface area contributed by atoms with Gasteiger partial charge in [0.25, 0.3) is 5.91 Å². The van der Waals surface area contributed by atoms with Crippen molar-refractivity contribution in [2.75, 3.05) is 39.3 Å². The number of likely N-dealkylation sites (tertiary alicyclic amines) is 2. The number of carbonyl (C=O) groups excluding carboxylic acids is 2. The number of hydrogen-bond donors (Lipinski definition) is 1. The third kappa shape index (κ3) is 4.03. The molecular weight excluding hydrogens is 381 g/mol. The van der Waals surface area contributed by atoms with E-state index in [1.807, 2.05) is 4.90 Å². The second kappa shape index (κ2) is 6.99. The second-order valence-electron chi connectivity index (χ2n) is 9.70. The molecule has 1 saturated carbocycles. The lowest BCUT2D eigenvalue weighted by atomic mass is 9.57. The third-order valence-corrected chi connectivity index (χ3v) is 6.41. The first-order valence-electron chi connectivity index (χ1n) is 9.88. The Balaban J connectivity index is 1.15. The molecule has 1 aliphatic carbocycles. The van der Waals surface area contributed by atoms with Crippen molar-refractivity contribution < 1.29 is 14.0 Å². The molecule has 0 atom stereocenters. The van der Waals surface area contributed by atoms with E-state index in [-0.39, 0.29) is 27.8 Å². The highest BCUT2D eigenvalue weighted by molar-refractivity contribution is 6.31. The molecule has 0 radical (unpaired) electrons. The minimum Gasteiger partial charge on any atom is -0.352 e. The quantitative estimate of drug-likeness (QED) is 0.816. The number of nitrogens with zero attached hydrogens (tertiary/aromatic N) is 2. The van der Waals surface area contributed by atoms with Crippen LogP contribution in [0.1, 0.15) is 37.0 Å². The van der Waals surface area contributed by atoms with Gasteiger partial charge in [-0.15, -0.1) is 0 Å². The Bertz CT molecular complexity index is 771. The highest BCUT2D eigenvalue weighted by Crippen LogP contribution is 2.51. The van der Waals surface area contributed by atoms with E-state index in [1.165, 1.54) is 18.2 Å². The number of nitrogens with one attached hydrogen (secondary N) is 1. The molecule has 1 N–H and O–H groups in total. The summed E-state index contributed by atoms with van der Waals surface area (Å²) in [4.78, 5) is 28.6. The number of halogens is 2. The SMILES string of the molecule is CC1(C)CN(C(=O)CN2CC3(CC(CNC(=O)c4cc(F)cc(Cl)c4)C3)C2)C1. The summed E-state index contributed by atoms with van der Waals surface area (Å²) < 4.78 is 13.4. The lowest BCUT2D eigenvalue weighted by Gasteiger charge is -2.59. The minimum absolute atomic E-state index is 0.221. The molecule has 0 bridgehead atoms. The van der Waals surface area contributed by atoms with Crippen LogP contribution in [0, 0.1) is 22.6 Å². The number of benzene rings is 1. The Kier molecular flexibility index (Phi) is 4.91. The highest BCUT2D eigenvalue weighted by atomic mass is 35.5. The van der Waals surface area contributed by atoms with Gasteiger partial charge >= 0.3 is 0 Å². The molecule has 152 valence electrons. The monoisotopic (exact) mass is 407 g/mol. The molecule has 2 heterocycles. The topological polar surface area (TPSA) is 52.7 Å². The van der Waals surface area contributed by atoms with E-state index in [0.29, 0.717) is 24.4 Å². The molecule has 3 fully saturated rings. The Morgan fingerprint density at radius 2 is 1.86 bits per heavy atom. The second-order valence-corrected chi connectivity index (χ2v) is 10.1. The molecule has 28 heavy (non-hydrogen) atoms. The summed E-state index contributed by atoms with van der Waals surface area (Å²) in [5.74, 6) is -0.111. The van der Waals surface area contributed by atoms with Crippen LogP contribution in [0.15, 0.2) is 18.2 Å². The summed E-state index contributed by atoms with van der Waals surface area (Å²) in [6.07, 6.45) is 2.14. The Morgan fingerprint density at radius 3 is 2.46 bits per heavy atom. The molecular formula is C21H27ClFN3O2. The predicted molar refractivity (Wildman–Crippen MR) is 106 cm³/mol. The van der Waals surface area contributed by atoms with Crippen LogP contribution < -0.4 is 5.32 Å². The maximum atomic E-state index is 13.4. The smallest absolute Gasteiger partial charge is 0.251 e. The summed E-state index contributed by atoms with van der Waals surface area (Å²) in [6, 6.07) is 3.86. The van der Waals surface area contributed by atoms with Crippen LogP contribution in [0.2, 0.25) is 5.02 Å². The number of carbonyl (C=O) groups is 2. The zero-order chi connectivity index (χ0) is 20.1. The van der Waals surface area contributed by atoms with E-state index < -0.39 is 5.82 Å². The van der Waals surface area contributed by atoms with Gasteiger partial charge in [-0.1, -0.05) is 25.4 Å². The lowest BCUT2D eigenvalue weighted by molar-refractivity contribution is -0.150. The molecule has 2 aliphatic heterocycles. The van der Waals surface area contributed by atoms with Crippen LogP contribution in [0.5, 0.6) is 0 Å². The van der Waals surface area contributed by atoms with Crippen LogP contribution >= 0.6 is 11.6 Å². The fraction of sp³-hybridized carbons (Fsp3) is 0.619. The fourth-order valence-corrected chi connectivity index (χ4v) is 5.28. The molecule has 7 heteroatoms. The van der Waals surface area contributed by atoms with E-state index in [9.17, 15) is 14.0 Å². The number of rotatable bonds is 5. The van der Waals surface area contributed by atoms with Crippen molar-refractivity contribution in [2.24, 2.45) is 16.7 Å². The van der Waals surface area contributed by atoms with Crippen LogP contribution in [-0.2, 0) is 4.79 Å². The summed E-state index contributed by atoms with van der Waals surface area (Å²) in [6.45, 7) is 9.17. The molecule has 2 amide bonds. The van der Waals surface area contributed by atoms with Gasteiger partial charge in [0.05, 0.1) is 6.54 Å². The van der Waals surface area contributed by atoms with Crippen molar-refractivity contribution in [1.82, 2.24) is 15.1 Å². The van der Waals surface area contributed by atoms with Crippen molar-refractivity contribution in [2.45, 2.75) is 26.7 Å². The average molecular weight is 408 g/mol. The summed E-state index contributed by atoms with van der Waals surface area (Å²) in [7, 11) is 0. The van der Waals surface area contributed by atoms with Crippen LogP contribution in [0.3, 0.4) is 0 Å². The zero-order valence-electron chi connectivity index (χ0n) is 16.4. The molecule has 0 aromatic heterocycles. The van der Waals surface area contributed by atoms with Gasteiger partial charge in [-0.2, -0.15) is 0 Å². The van der Waals surface area contributed by atoms with Crippen LogP contribution in [-0.4, -0.2) is 60.9 Å². The maximum absolute atomic E-state index is 13.4. The largest absolute Gasteiger partial charge is 0.352 e. The van der Waals surface area contributed by atoms with Crippen molar-refractivity contribution in [3.63, 3.8) is 0 Å². The minimum atomic E-state index is -0.508. The Labute approximate surface area is 170 Å². The Hall–Kier alpha value is -1.66. The lowest BCUT2D eigenvalue weighted by Crippen LogP contribution is -2.66. The first-order valence-corrected chi connectivity index (χ1v) is 10.3. The van der Waals surface area contributed by atoms with Crippen molar-refractivity contribution in [1.29, 1.82) is 0 Å². The summed E-state index contributed by atoms with van der Waals surface area (Å²) in [5, 5.41) is 3.10. The van der Waals surface area contributed by atoms with Gasteiger partial charge in [-0.3, -0.25) is 14.5 Å². The van der Waals surface area contributed by atoms with E-state index >= 15 is 0 Å². The Morgan fingerprint density at radius 1 is 1.18 bits per heavy atom. The predicted octanol–water partition coefficient (Wildman–Crippen LogP) is 2.79. The maximum Gasteiger partial charge on any atom is 0.251 e. The molecule has 2 saturated heterocycles. The van der Waals surface area contributed by atoms with Crippen molar-refractivity contribution >= 4 is 23.4 Å². The first-order chi connectivity index (χ1) is 13.1. The third-order valence-electron chi connectivity index (χ3n) is 6.19. The van der Waals surface area contributed by atoms with Gasteiger partial charge in [0.15, 0.2) is 0 Å². The molecule has 1 aromatic carbocycles. The standard InChI is InChI=1S/C21H27ClFN3O2/c1-20(2)10-26(11-20)18(27)9-25-12-21(13-25)6-14(7-21)8-24-19(28)15-3-16(22)5-17(23)4-15/h3-5,14H,6-13H2,1-2H3,(H,24,28). The molecule has 1 aromatic rings. The van der Waals surface area contributed by atoms with Crippen molar-refractivity contribution in [3.05, 3.63) is 34.6 Å². The normalized spacial score (nSPS) is 22.9. The van der Waals surface area contributed by atoms with Gasteiger partial charge in [0.1, 0.15) is 5.82 Å². The van der Waals surface area contributed by atoms with E-state index in [1.54, 1.807) is 0 Å². The van der Waals surface area contributed by atoms with Gasteiger partial charge in [-0.05, 0) is 47.8 Å². The van der Waals surface area contributed by atoms with E-state index in [2.05, 4.69) is 24.1 Å². The zero-order valence-corrected chi connectivity index (χ0v) is 17.2. The molecule has 4 rings (SSSR count). The molecule has 3 aliphatic rings. The summed E-state index contributed by atoms with van der Waals surface area (Å²) >= 11 is 5.80. The molecule has 5 nitrogen and oxygen atoms in total. The van der Waals surface area contributed by atoms with Crippen molar-refractivity contribution in [3.8, 4) is 0 Å². The number of amides is 2. The molecule has 0 unspecified atom stereocenters. The van der Waals surface area contributed by atoms with Crippen LogP contribution in [0.4, 0.5) is 4.39 Å². The summed E-state index contributed by atoms with van der Waals surface area (Å²) in [5.41, 5.74) is 0.849. The van der Waals surface area contributed by atoms with Crippen LogP contribution in [0.25, 0.3) is 0 Å². The average Bonchev–Trinajstić information content (AvgIpc) is 2.51. The van der Waals surface area contributed by atoms with Gasteiger partial charge < -0.3 is 10.2 Å². The van der Waals surface area contributed by atoms with Gasteiger partial charge in [0, 0.05) is 43.3 Å². The first kappa shape index (κ1) is 19.6. The molecule has 1 spiro atoms. The van der Waals surface area contributed by atoms with Gasteiger partial charge in [0.2, 0.25) is 5.91 Å². The van der Waals surface area contributed by atoms with E-state index in [0.717, 1.165) is 39.0 Å². The van der Waals surface area contributed by atoms with Gasteiger partial charge in [-0.25, -0.2) is 4.39 Å². The fourth-order valence-electron chi connectivity index (χ4n) is 5.06. The number of hydrogen-bond acceptors (Lipinski definition) is 3. The van der Waals surface area contributed by atoms with E-state index in [4.69, 9.17) is 11.6 Å². The highest BCUT2D eigenvalue weighted by Gasteiger charge is 2.52.